The van der Waals surface area contributed by atoms with E-state index in [1.165, 1.54) is 25.3 Å². The largest absolute Gasteiger partial charge is 0.497 e. The highest BCUT2D eigenvalue weighted by Crippen LogP contribution is 2.27. The Hall–Kier alpha value is -1.43. The molecule has 0 fully saturated rings. The van der Waals surface area contributed by atoms with Crippen LogP contribution in [0.5, 0.6) is 5.75 Å². The number of halogens is 2. The molecule has 0 aliphatic heterocycles. The Labute approximate surface area is 127 Å². The smallest absolute Gasteiger partial charge is 0.263 e. The van der Waals surface area contributed by atoms with Crippen molar-refractivity contribution in [3.05, 3.63) is 52.5 Å². The molecule has 0 atom stereocenters. The second kappa shape index (κ2) is 5.91. The van der Waals surface area contributed by atoms with Crippen molar-refractivity contribution in [1.82, 2.24) is 0 Å². The summed E-state index contributed by atoms with van der Waals surface area (Å²) in [6.45, 7) is 0. The summed E-state index contributed by atoms with van der Waals surface area (Å²) in [5.41, 5.74) is 0.404. The van der Waals surface area contributed by atoms with E-state index < -0.39 is 10.0 Å². The summed E-state index contributed by atoms with van der Waals surface area (Å²) in [4.78, 5) is -0.0671. The second-order valence-electron chi connectivity index (χ2n) is 3.91. The molecule has 0 heterocycles. The SMILES string of the molecule is COc1ccc(NS(=O)(=O)c2cc(Cl)ccc2Cl)cc1. The number of rotatable bonds is 4. The van der Waals surface area contributed by atoms with Crippen LogP contribution < -0.4 is 9.46 Å². The maximum absolute atomic E-state index is 12.2. The van der Waals surface area contributed by atoms with Crippen molar-refractivity contribution in [2.75, 3.05) is 11.8 Å². The Kier molecular flexibility index (Phi) is 4.42. The van der Waals surface area contributed by atoms with Crippen LogP contribution in [0.3, 0.4) is 0 Å². The van der Waals surface area contributed by atoms with Gasteiger partial charge in [-0.2, -0.15) is 0 Å². The van der Waals surface area contributed by atoms with E-state index in [9.17, 15) is 8.42 Å². The summed E-state index contributed by atoms with van der Waals surface area (Å²) >= 11 is 11.7. The average molecular weight is 332 g/mol. The van der Waals surface area contributed by atoms with Gasteiger partial charge in [0.05, 0.1) is 12.1 Å². The number of ether oxygens (including phenoxy) is 1. The van der Waals surface area contributed by atoms with Gasteiger partial charge in [0.15, 0.2) is 0 Å². The third-order valence-corrected chi connectivity index (χ3v) is 4.62. The van der Waals surface area contributed by atoms with E-state index in [1.54, 1.807) is 24.3 Å². The fourth-order valence-electron chi connectivity index (χ4n) is 1.55. The van der Waals surface area contributed by atoms with E-state index in [-0.39, 0.29) is 9.92 Å². The molecule has 0 saturated heterocycles. The zero-order valence-electron chi connectivity index (χ0n) is 10.4. The monoisotopic (exact) mass is 331 g/mol. The van der Waals surface area contributed by atoms with Gasteiger partial charge < -0.3 is 4.74 Å². The van der Waals surface area contributed by atoms with Crippen molar-refractivity contribution in [3.8, 4) is 5.75 Å². The zero-order chi connectivity index (χ0) is 14.8. The van der Waals surface area contributed by atoms with Crippen LogP contribution >= 0.6 is 23.2 Å². The molecule has 20 heavy (non-hydrogen) atoms. The number of nitrogens with one attached hydrogen (secondary N) is 1. The van der Waals surface area contributed by atoms with Crippen molar-refractivity contribution < 1.29 is 13.2 Å². The van der Waals surface area contributed by atoms with Crippen molar-refractivity contribution in [2.24, 2.45) is 0 Å². The lowest BCUT2D eigenvalue weighted by Crippen LogP contribution is -2.13. The van der Waals surface area contributed by atoms with Crippen LogP contribution in [0.25, 0.3) is 0 Å². The minimum atomic E-state index is -3.79. The number of hydrogen-bond donors (Lipinski definition) is 1. The Morgan fingerprint density at radius 1 is 1.05 bits per heavy atom. The van der Waals surface area contributed by atoms with Gasteiger partial charge in [-0.15, -0.1) is 0 Å². The van der Waals surface area contributed by atoms with Crippen molar-refractivity contribution in [3.63, 3.8) is 0 Å². The zero-order valence-corrected chi connectivity index (χ0v) is 12.8. The second-order valence-corrected chi connectivity index (χ2v) is 6.40. The summed E-state index contributed by atoms with van der Waals surface area (Å²) in [5, 5.41) is 0.403. The summed E-state index contributed by atoms with van der Waals surface area (Å²) in [6.07, 6.45) is 0. The maximum atomic E-state index is 12.2. The van der Waals surface area contributed by atoms with Crippen LogP contribution in [0.1, 0.15) is 0 Å². The van der Waals surface area contributed by atoms with Crippen LogP contribution in [-0.4, -0.2) is 15.5 Å². The number of anilines is 1. The standard InChI is InChI=1S/C13H11Cl2NO3S/c1-19-11-5-3-10(4-6-11)16-20(17,18)13-8-9(14)2-7-12(13)15/h2-8,16H,1H3. The molecular formula is C13H11Cl2NO3S. The van der Waals surface area contributed by atoms with Crippen LogP contribution in [-0.2, 0) is 10.0 Å². The Balaban J connectivity index is 2.32. The number of sulfonamides is 1. The van der Waals surface area contributed by atoms with Crippen molar-refractivity contribution in [1.29, 1.82) is 0 Å². The molecule has 0 amide bonds. The fraction of sp³-hybridized carbons (Fsp3) is 0.0769. The van der Waals surface area contributed by atoms with Gasteiger partial charge in [-0.05, 0) is 42.5 Å². The molecule has 2 rings (SSSR count). The van der Waals surface area contributed by atoms with Crippen LogP contribution in [0.15, 0.2) is 47.4 Å². The Bertz CT molecular complexity index is 715. The lowest BCUT2D eigenvalue weighted by Gasteiger charge is -2.10. The first-order valence-corrected chi connectivity index (χ1v) is 7.78. The Morgan fingerprint density at radius 3 is 2.30 bits per heavy atom. The number of hydrogen-bond acceptors (Lipinski definition) is 3. The average Bonchev–Trinajstić information content (AvgIpc) is 2.42. The van der Waals surface area contributed by atoms with E-state index in [0.29, 0.717) is 16.5 Å². The van der Waals surface area contributed by atoms with Gasteiger partial charge in [0.25, 0.3) is 10.0 Å². The lowest BCUT2D eigenvalue weighted by atomic mass is 10.3. The van der Waals surface area contributed by atoms with E-state index >= 15 is 0 Å². The van der Waals surface area contributed by atoms with E-state index in [2.05, 4.69) is 4.72 Å². The van der Waals surface area contributed by atoms with Gasteiger partial charge in [-0.1, -0.05) is 23.2 Å². The van der Waals surface area contributed by atoms with Gasteiger partial charge in [0.1, 0.15) is 10.6 Å². The fourth-order valence-corrected chi connectivity index (χ4v) is 3.37. The van der Waals surface area contributed by atoms with Gasteiger partial charge in [-0.3, -0.25) is 4.72 Å². The third kappa shape index (κ3) is 3.36. The molecule has 0 bridgehead atoms. The molecule has 2 aromatic carbocycles. The Morgan fingerprint density at radius 2 is 1.70 bits per heavy atom. The van der Waals surface area contributed by atoms with Crippen molar-refractivity contribution >= 4 is 38.9 Å². The lowest BCUT2D eigenvalue weighted by molar-refractivity contribution is 0.415. The highest BCUT2D eigenvalue weighted by molar-refractivity contribution is 7.92. The molecular weight excluding hydrogens is 321 g/mol. The molecule has 0 radical (unpaired) electrons. The summed E-state index contributed by atoms with van der Waals surface area (Å²) in [5.74, 6) is 0.633. The van der Waals surface area contributed by atoms with Gasteiger partial charge in [0.2, 0.25) is 0 Å². The minimum Gasteiger partial charge on any atom is -0.497 e. The molecule has 7 heteroatoms. The topological polar surface area (TPSA) is 55.4 Å². The van der Waals surface area contributed by atoms with Gasteiger partial charge in [-0.25, -0.2) is 8.42 Å². The quantitative estimate of drug-likeness (QED) is 0.926. The van der Waals surface area contributed by atoms with E-state index in [0.717, 1.165) is 0 Å². The molecule has 2 aromatic rings. The molecule has 4 nitrogen and oxygen atoms in total. The first kappa shape index (κ1) is 15.0. The van der Waals surface area contributed by atoms with Crippen LogP contribution in [0.4, 0.5) is 5.69 Å². The molecule has 0 spiro atoms. The summed E-state index contributed by atoms with van der Waals surface area (Å²) in [7, 11) is -2.26. The summed E-state index contributed by atoms with van der Waals surface area (Å²) < 4.78 is 31.9. The van der Waals surface area contributed by atoms with E-state index in [1.807, 2.05) is 0 Å². The predicted octanol–water partition coefficient (Wildman–Crippen LogP) is 3.80. The first-order valence-electron chi connectivity index (χ1n) is 5.54. The highest BCUT2D eigenvalue weighted by atomic mass is 35.5. The molecule has 0 aromatic heterocycles. The van der Waals surface area contributed by atoms with Crippen LogP contribution in [0.2, 0.25) is 10.0 Å². The van der Waals surface area contributed by atoms with E-state index in [4.69, 9.17) is 27.9 Å². The van der Waals surface area contributed by atoms with Gasteiger partial charge in [0, 0.05) is 10.7 Å². The molecule has 0 saturated carbocycles. The maximum Gasteiger partial charge on any atom is 0.263 e. The molecule has 0 aliphatic carbocycles. The summed E-state index contributed by atoms with van der Waals surface area (Å²) in [6, 6.07) is 10.7. The minimum absolute atomic E-state index is 0.0671. The molecule has 1 N–H and O–H groups in total. The van der Waals surface area contributed by atoms with Crippen LogP contribution in [0, 0.1) is 0 Å². The molecule has 0 aliphatic rings. The van der Waals surface area contributed by atoms with Gasteiger partial charge >= 0.3 is 0 Å². The highest BCUT2D eigenvalue weighted by Gasteiger charge is 2.18. The number of benzene rings is 2. The molecule has 106 valence electrons. The van der Waals surface area contributed by atoms with Crippen molar-refractivity contribution in [2.45, 2.75) is 4.90 Å². The predicted molar refractivity (Wildman–Crippen MR) is 80.3 cm³/mol. The third-order valence-electron chi connectivity index (χ3n) is 2.53. The molecule has 0 unspecified atom stereocenters. The first-order chi connectivity index (χ1) is 9.42. The normalized spacial score (nSPS) is 11.2. The number of methoxy groups -OCH3 is 1.